The van der Waals surface area contributed by atoms with Gasteiger partial charge in [0.05, 0.1) is 10.6 Å². The lowest BCUT2D eigenvalue weighted by atomic mass is 9.82. The minimum absolute atomic E-state index is 0.0560. The van der Waals surface area contributed by atoms with Gasteiger partial charge in [0.2, 0.25) is 10.0 Å². The highest BCUT2D eigenvalue weighted by Crippen LogP contribution is 2.33. The van der Waals surface area contributed by atoms with Gasteiger partial charge >= 0.3 is 0 Å². The predicted molar refractivity (Wildman–Crippen MR) is 181 cm³/mol. The number of pyridine rings is 1. The second kappa shape index (κ2) is 12.4. The summed E-state index contributed by atoms with van der Waals surface area (Å²) < 4.78 is 31.9. The van der Waals surface area contributed by atoms with Crippen LogP contribution in [0.3, 0.4) is 0 Å². The molecule has 1 N–H and O–H groups in total. The van der Waals surface area contributed by atoms with Crippen LogP contribution in [0, 0.1) is 12.3 Å². The van der Waals surface area contributed by atoms with E-state index >= 15 is 0 Å². The molecule has 0 atom stereocenters. The van der Waals surface area contributed by atoms with E-state index in [9.17, 15) is 13.2 Å². The van der Waals surface area contributed by atoms with Crippen LogP contribution in [0.2, 0.25) is 0 Å². The maximum absolute atomic E-state index is 14.0. The van der Waals surface area contributed by atoms with E-state index in [0.29, 0.717) is 27.9 Å². The Morgan fingerprint density at radius 1 is 0.762 bits per heavy atom. The topological polar surface area (TPSA) is 68.2 Å². The van der Waals surface area contributed by atoms with Crippen LogP contribution in [0.25, 0.3) is 44.6 Å². The lowest BCUT2D eigenvalue weighted by molar-refractivity contribution is 0.269. The van der Waals surface area contributed by atoms with Crippen LogP contribution in [0.4, 0.5) is 0 Å². The van der Waals surface area contributed by atoms with Crippen LogP contribution in [-0.4, -0.2) is 18.5 Å². The van der Waals surface area contributed by atoms with E-state index in [4.69, 9.17) is 0 Å². The van der Waals surface area contributed by atoms with Gasteiger partial charge in [-0.3, -0.25) is 9.36 Å². The summed E-state index contributed by atoms with van der Waals surface area (Å²) >= 11 is 0. The van der Waals surface area contributed by atoms with Crippen LogP contribution in [0.5, 0.6) is 0 Å². The number of benzene rings is 4. The molecule has 0 unspecified atom stereocenters. The summed E-state index contributed by atoms with van der Waals surface area (Å²) in [5.74, 6) is 0. The maximum atomic E-state index is 14.0. The van der Waals surface area contributed by atoms with Gasteiger partial charge in [-0.05, 0) is 61.8 Å². The number of hydrogen-bond acceptors (Lipinski definition) is 3. The van der Waals surface area contributed by atoms with E-state index in [1.807, 2.05) is 97.0 Å². The van der Waals surface area contributed by atoms with Crippen LogP contribution >= 0.6 is 0 Å². The van der Waals surface area contributed by atoms with Crippen molar-refractivity contribution in [3.8, 4) is 5.69 Å². The van der Waals surface area contributed by atoms with Crippen LogP contribution in [0.1, 0.15) is 74.3 Å². The molecule has 5 rings (SSSR count). The zero-order valence-corrected chi connectivity index (χ0v) is 27.7. The highest BCUT2D eigenvalue weighted by molar-refractivity contribution is 7.89. The van der Waals surface area contributed by atoms with Crippen LogP contribution in [0.15, 0.2) is 76.4 Å². The molecule has 0 aliphatic heterocycles. The van der Waals surface area contributed by atoms with E-state index in [1.165, 1.54) is 0 Å². The zero-order valence-electron chi connectivity index (χ0n) is 26.8. The molecule has 5 nitrogen and oxygen atoms in total. The van der Waals surface area contributed by atoms with Gasteiger partial charge in [0.25, 0.3) is 5.56 Å². The Hall–Kier alpha value is -3.48. The average molecular weight is 587 g/mol. The fourth-order valence-corrected chi connectivity index (χ4v) is 7.74. The Balaban J connectivity index is 0.00000116. The summed E-state index contributed by atoms with van der Waals surface area (Å²) in [7, 11) is -3.87. The van der Waals surface area contributed by atoms with Crippen molar-refractivity contribution in [3.63, 3.8) is 0 Å². The van der Waals surface area contributed by atoms with Crippen molar-refractivity contribution in [2.75, 3.05) is 0 Å². The van der Waals surface area contributed by atoms with Gasteiger partial charge in [-0.15, -0.1) is 0 Å². The van der Waals surface area contributed by atoms with Crippen LogP contribution in [-0.2, 0) is 10.0 Å². The van der Waals surface area contributed by atoms with Gasteiger partial charge in [0.1, 0.15) is 0 Å². The lowest BCUT2D eigenvalue weighted by Crippen LogP contribution is -2.45. The summed E-state index contributed by atoms with van der Waals surface area (Å²) in [5, 5.41) is 4.89. The number of fused-ring (bicyclic) bond motifs is 1. The van der Waals surface area contributed by atoms with E-state index in [1.54, 1.807) is 22.8 Å². The molecule has 42 heavy (non-hydrogen) atoms. The summed E-state index contributed by atoms with van der Waals surface area (Å²) in [6, 6.07) is 20.7. The molecular formula is C36H46N2O3S. The summed E-state index contributed by atoms with van der Waals surface area (Å²) in [5.41, 5.74) is 0.895. The van der Waals surface area contributed by atoms with E-state index in [2.05, 4.69) is 32.1 Å². The standard InChI is InChI=1S/C32H34N2O3S.2C2H6/c1-20-11-8-12-22-13-9-16-26(28(20)22)34-21(2)23-14-10-15-24-27(18-17-25(29(23)24)30(34)35)38(36,37)33-32(6,7)19-31(3,4)5;2*1-2/h8-18,33H,2,19H2,1,3-7H3;2*1-2H3. The van der Waals surface area contributed by atoms with E-state index in [-0.39, 0.29) is 15.9 Å². The first-order valence-electron chi connectivity index (χ1n) is 14.8. The molecule has 6 heteroatoms. The fraction of sp³-hybridized carbons (Fsp3) is 0.361. The molecule has 224 valence electrons. The van der Waals surface area contributed by atoms with Crippen molar-refractivity contribution in [1.29, 1.82) is 0 Å². The number of aryl methyl sites for hydroxylation is 1. The summed E-state index contributed by atoms with van der Waals surface area (Å²) in [4.78, 5) is 14.2. The number of hydrogen-bond donors (Lipinski definition) is 1. The molecule has 0 amide bonds. The van der Waals surface area contributed by atoms with Gasteiger partial charge in [0.15, 0.2) is 0 Å². The minimum Gasteiger partial charge on any atom is -0.276 e. The predicted octanol–water partition coefficient (Wildman–Crippen LogP) is 8.28. The van der Waals surface area contributed by atoms with Gasteiger partial charge in [-0.25, -0.2) is 13.1 Å². The van der Waals surface area contributed by atoms with E-state index in [0.717, 1.165) is 27.4 Å². The smallest absolute Gasteiger partial charge is 0.263 e. The minimum atomic E-state index is -3.87. The summed E-state index contributed by atoms with van der Waals surface area (Å²) in [6.45, 7) is 24.4. The molecule has 0 radical (unpaired) electrons. The van der Waals surface area contributed by atoms with Crippen molar-refractivity contribution in [3.05, 3.63) is 88.0 Å². The number of nitrogens with one attached hydrogen (secondary N) is 1. The number of sulfonamides is 1. The molecule has 4 aromatic carbocycles. The molecule has 0 aliphatic rings. The molecular weight excluding hydrogens is 540 g/mol. The van der Waals surface area contributed by atoms with Crippen molar-refractivity contribution < 1.29 is 8.42 Å². The zero-order chi connectivity index (χ0) is 31.6. The molecule has 0 saturated heterocycles. The maximum Gasteiger partial charge on any atom is 0.263 e. The number of rotatable bonds is 5. The van der Waals surface area contributed by atoms with Gasteiger partial charge in [-0.1, -0.05) is 104 Å². The van der Waals surface area contributed by atoms with Crippen molar-refractivity contribution in [2.24, 2.45) is 5.41 Å². The Kier molecular flexibility index (Phi) is 9.75. The van der Waals surface area contributed by atoms with Gasteiger partial charge in [-0.2, -0.15) is 0 Å². The van der Waals surface area contributed by atoms with E-state index < -0.39 is 15.6 Å². The van der Waals surface area contributed by atoms with Gasteiger partial charge < -0.3 is 0 Å². The fourth-order valence-electron chi connectivity index (χ4n) is 6.12. The van der Waals surface area contributed by atoms with Crippen molar-refractivity contribution in [1.82, 2.24) is 9.29 Å². The Labute approximate surface area is 251 Å². The molecule has 0 spiro atoms. The highest BCUT2D eigenvalue weighted by Gasteiger charge is 2.32. The molecule has 5 aromatic rings. The quantitative estimate of drug-likeness (QED) is 0.225. The largest absolute Gasteiger partial charge is 0.276 e. The first-order chi connectivity index (χ1) is 19.7. The third-order valence-corrected chi connectivity index (χ3v) is 8.78. The Bertz CT molecular complexity index is 1910. The summed E-state index contributed by atoms with van der Waals surface area (Å²) in [6.07, 6.45) is 0.662. The first-order valence-corrected chi connectivity index (χ1v) is 16.3. The first kappa shape index (κ1) is 33.0. The third kappa shape index (κ3) is 6.30. The molecule has 0 saturated carbocycles. The Morgan fingerprint density at radius 2 is 1.33 bits per heavy atom. The SMILES string of the molecule is C=c1c2cccc3c(S(=O)(=O)NC(C)(C)CC(C)(C)C)ccc(c(=O)n1-c1cccc4cccc(C)c14)c32.CC.CC. The third-order valence-electron chi connectivity index (χ3n) is 7.02. The monoisotopic (exact) mass is 586 g/mol. The second-order valence-corrected chi connectivity index (χ2v) is 13.8. The average Bonchev–Trinajstić information content (AvgIpc) is 2.92. The van der Waals surface area contributed by atoms with Crippen molar-refractivity contribution in [2.45, 2.75) is 86.1 Å². The van der Waals surface area contributed by atoms with Crippen molar-refractivity contribution >= 4 is 48.9 Å². The lowest BCUT2D eigenvalue weighted by Gasteiger charge is -2.33. The Morgan fingerprint density at radius 3 is 1.95 bits per heavy atom. The van der Waals surface area contributed by atoms with Gasteiger partial charge in [0, 0.05) is 37.8 Å². The second-order valence-electron chi connectivity index (χ2n) is 12.1. The van der Waals surface area contributed by atoms with Crippen LogP contribution < -0.4 is 15.6 Å². The highest BCUT2D eigenvalue weighted by atomic mass is 32.2. The molecule has 1 heterocycles. The normalized spacial score (nSPS) is 12.1. The molecule has 0 fully saturated rings. The number of nitrogens with zero attached hydrogens (tertiary/aromatic N) is 1. The molecule has 1 aromatic heterocycles. The molecule has 0 aliphatic carbocycles. The molecule has 0 bridgehead atoms. The number of aromatic nitrogens is 1.